The van der Waals surface area contributed by atoms with Gasteiger partial charge in [0, 0.05) is 33.4 Å². The van der Waals surface area contributed by atoms with E-state index in [1.807, 2.05) is 43.3 Å². The molecular formula is C26H38N4O5. The first-order valence-electron chi connectivity index (χ1n) is 12.1. The summed E-state index contributed by atoms with van der Waals surface area (Å²) in [6.45, 7) is 5.98. The van der Waals surface area contributed by atoms with Crippen LogP contribution in [0.4, 0.5) is 10.5 Å². The lowest BCUT2D eigenvalue weighted by atomic mass is 9.67. The molecule has 35 heavy (non-hydrogen) atoms. The molecule has 1 aromatic carbocycles. The van der Waals surface area contributed by atoms with Gasteiger partial charge >= 0.3 is 12.0 Å². The summed E-state index contributed by atoms with van der Waals surface area (Å²) in [6, 6.07) is 7.23. The Labute approximate surface area is 207 Å². The largest absolute Gasteiger partial charge is 0.454 e. The van der Waals surface area contributed by atoms with Crippen molar-refractivity contribution in [2.75, 3.05) is 39.2 Å². The van der Waals surface area contributed by atoms with E-state index < -0.39 is 30.7 Å². The minimum absolute atomic E-state index is 0.145. The molecule has 2 fully saturated rings. The van der Waals surface area contributed by atoms with Gasteiger partial charge in [-0.2, -0.15) is 0 Å². The van der Waals surface area contributed by atoms with Crippen LogP contribution in [0.25, 0.3) is 0 Å². The monoisotopic (exact) mass is 486 g/mol. The van der Waals surface area contributed by atoms with Crippen LogP contribution in [0.15, 0.2) is 24.3 Å². The molecule has 0 radical (unpaired) electrons. The highest BCUT2D eigenvalue weighted by Crippen LogP contribution is 2.43. The van der Waals surface area contributed by atoms with Gasteiger partial charge < -0.3 is 19.9 Å². The maximum atomic E-state index is 13.1. The Bertz CT molecular complexity index is 959. The third-order valence-corrected chi connectivity index (χ3v) is 7.25. The smallest absolute Gasteiger partial charge is 0.326 e. The van der Waals surface area contributed by atoms with Crippen LogP contribution in [0.5, 0.6) is 0 Å². The molecule has 0 aromatic heterocycles. The van der Waals surface area contributed by atoms with E-state index >= 15 is 0 Å². The number of amides is 4. The van der Waals surface area contributed by atoms with E-state index in [4.69, 9.17) is 4.74 Å². The molecule has 3 rings (SSSR count). The molecule has 2 aliphatic rings. The molecule has 1 spiro atoms. The predicted molar refractivity (Wildman–Crippen MR) is 133 cm³/mol. The van der Waals surface area contributed by atoms with Crippen LogP contribution >= 0.6 is 0 Å². The number of hydrogen-bond donors (Lipinski definition) is 1. The van der Waals surface area contributed by atoms with Gasteiger partial charge in [0.2, 0.25) is 0 Å². The Morgan fingerprint density at radius 3 is 2.23 bits per heavy atom. The fraction of sp³-hybridized carbons (Fsp3) is 0.615. The Hall–Kier alpha value is -3.10. The summed E-state index contributed by atoms with van der Waals surface area (Å²) in [5.74, 6) is -1.06. The number of hydrogen-bond acceptors (Lipinski definition) is 6. The molecule has 1 N–H and O–H groups in total. The molecule has 9 heteroatoms. The third-order valence-electron chi connectivity index (χ3n) is 7.25. The number of benzene rings is 1. The van der Waals surface area contributed by atoms with Gasteiger partial charge in [0.25, 0.3) is 11.8 Å². The lowest BCUT2D eigenvalue weighted by Gasteiger charge is -2.40. The molecule has 1 aromatic rings. The number of nitrogens with one attached hydrogen (secondary N) is 1. The van der Waals surface area contributed by atoms with Crippen LogP contribution in [0, 0.1) is 11.3 Å². The second-order valence-electron chi connectivity index (χ2n) is 11.0. The van der Waals surface area contributed by atoms with Crippen molar-refractivity contribution >= 4 is 29.5 Å². The number of anilines is 1. The third kappa shape index (κ3) is 6.13. The zero-order valence-electron chi connectivity index (χ0n) is 21.7. The SMILES string of the molecule is CN(Cc1ccc(N(C)C)cc1)C(=O)COC(=O)CN1C(=O)NC2(CCC(C(C)(C)C)CC2)C1=O. The van der Waals surface area contributed by atoms with Crippen LogP contribution in [0.2, 0.25) is 0 Å². The van der Waals surface area contributed by atoms with E-state index in [0.717, 1.165) is 29.0 Å². The number of carbonyl (C=O) groups is 4. The normalized spacial score (nSPS) is 22.2. The minimum Gasteiger partial charge on any atom is -0.454 e. The number of rotatable bonds is 7. The van der Waals surface area contributed by atoms with Gasteiger partial charge in [-0.05, 0) is 54.7 Å². The van der Waals surface area contributed by atoms with E-state index in [9.17, 15) is 19.2 Å². The fourth-order valence-electron chi connectivity index (χ4n) is 4.82. The first-order chi connectivity index (χ1) is 16.3. The lowest BCUT2D eigenvalue weighted by Crippen LogP contribution is -2.50. The second-order valence-corrected chi connectivity index (χ2v) is 11.0. The van der Waals surface area contributed by atoms with Gasteiger partial charge in [-0.15, -0.1) is 0 Å². The van der Waals surface area contributed by atoms with Crippen LogP contribution in [-0.4, -0.2) is 73.4 Å². The van der Waals surface area contributed by atoms with Gasteiger partial charge in [-0.25, -0.2) is 4.79 Å². The zero-order chi connectivity index (χ0) is 26.0. The molecule has 9 nitrogen and oxygen atoms in total. The molecule has 1 aliphatic carbocycles. The topological polar surface area (TPSA) is 99.3 Å². The summed E-state index contributed by atoms with van der Waals surface area (Å²) < 4.78 is 5.10. The van der Waals surface area contributed by atoms with Crippen LogP contribution in [-0.2, 0) is 25.7 Å². The highest BCUT2D eigenvalue weighted by atomic mass is 16.5. The Morgan fingerprint density at radius 1 is 1.09 bits per heavy atom. The number of carbonyl (C=O) groups excluding carboxylic acids is 4. The summed E-state index contributed by atoms with van der Waals surface area (Å²) in [4.78, 5) is 54.7. The summed E-state index contributed by atoms with van der Waals surface area (Å²) in [5.41, 5.74) is 1.22. The van der Waals surface area contributed by atoms with Gasteiger partial charge in [0.05, 0.1) is 0 Å². The predicted octanol–water partition coefficient (Wildman–Crippen LogP) is 2.78. The summed E-state index contributed by atoms with van der Waals surface area (Å²) >= 11 is 0. The summed E-state index contributed by atoms with van der Waals surface area (Å²) in [5, 5.41) is 2.82. The van der Waals surface area contributed by atoms with Crippen LogP contribution in [0.1, 0.15) is 52.0 Å². The highest BCUT2D eigenvalue weighted by molar-refractivity contribution is 6.08. The standard InChI is InChI=1S/C26H38N4O5/c1-25(2,3)19-11-13-26(14-12-19)23(33)30(24(34)27-26)16-22(32)35-17-21(31)29(6)15-18-7-9-20(10-8-18)28(4)5/h7-10,19H,11-17H2,1-6H3,(H,27,34). The highest BCUT2D eigenvalue weighted by Gasteiger charge is 2.53. The van der Waals surface area contributed by atoms with E-state index in [-0.39, 0.29) is 17.2 Å². The van der Waals surface area contributed by atoms with Gasteiger partial charge in [0.1, 0.15) is 12.1 Å². The van der Waals surface area contributed by atoms with Gasteiger partial charge in [-0.3, -0.25) is 19.3 Å². The van der Waals surface area contributed by atoms with Crippen molar-refractivity contribution < 1.29 is 23.9 Å². The lowest BCUT2D eigenvalue weighted by molar-refractivity contribution is -0.153. The van der Waals surface area contributed by atoms with Gasteiger partial charge in [0.15, 0.2) is 6.61 Å². The number of ether oxygens (including phenoxy) is 1. The Balaban J connectivity index is 1.48. The molecule has 0 atom stereocenters. The van der Waals surface area contributed by atoms with Crippen molar-refractivity contribution in [1.29, 1.82) is 0 Å². The maximum Gasteiger partial charge on any atom is 0.326 e. The molecule has 1 saturated carbocycles. The van der Waals surface area contributed by atoms with Crippen molar-refractivity contribution in [2.45, 2.75) is 58.5 Å². The van der Waals surface area contributed by atoms with Crippen molar-refractivity contribution in [3.63, 3.8) is 0 Å². The van der Waals surface area contributed by atoms with Crippen LogP contribution < -0.4 is 10.2 Å². The molecule has 1 saturated heterocycles. The molecule has 0 bridgehead atoms. The quantitative estimate of drug-likeness (QED) is 0.470. The van der Waals surface area contributed by atoms with Crippen molar-refractivity contribution in [1.82, 2.24) is 15.1 Å². The van der Waals surface area contributed by atoms with E-state index in [0.29, 0.717) is 25.3 Å². The number of imide groups is 1. The molecule has 192 valence electrons. The summed E-state index contributed by atoms with van der Waals surface area (Å²) in [6.07, 6.45) is 2.80. The second kappa shape index (κ2) is 10.3. The van der Waals surface area contributed by atoms with Crippen molar-refractivity contribution in [3.05, 3.63) is 29.8 Å². The Kier molecular flexibility index (Phi) is 7.77. The van der Waals surface area contributed by atoms with Crippen LogP contribution in [0.3, 0.4) is 0 Å². The number of esters is 1. The maximum absolute atomic E-state index is 13.1. The number of likely N-dealkylation sites (N-methyl/N-ethyl adjacent to an activating group) is 1. The molecular weight excluding hydrogens is 448 g/mol. The van der Waals surface area contributed by atoms with E-state index in [1.165, 1.54) is 4.90 Å². The number of urea groups is 1. The average Bonchev–Trinajstić information content (AvgIpc) is 3.01. The molecule has 1 aliphatic heterocycles. The van der Waals surface area contributed by atoms with Gasteiger partial charge in [-0.1, -0.05) is 32.9 Å². The zero-order valence-corrected chi connectivity index (χ0v) is 21.7. The average molecular weight is 487 g/mol. The fourth-order valence-corrected chi connectivity index (χ4v) is 4.82. The Morgan fingerprint density at radius 2 is 1.69 bits per heavy atom. The van der Waals surface area contributed by atoms with E-state index in [1.54, 1.807) is 7.05 Å². The number of nitrogens with zero attached hydrogens (tertiary/aromatic N) is 3. The first-order valence-corrected chi connectivity index (χ1v) is 12.1. The first kappa shape index (κ1) is 26.5. The molecule has 4 amide bonds. The van der Waals surface area contributed by atoms with Crippen molar-refractivity contribution in [3.8, 4) is 0 Å². The molecule has 1 heterocycles. The summed E-state index contributed by atoms with van der Waals surface area (Å²) in [7, 11) is 5.54. The van der Waals surface area contributed by atoms with Crippen molar-refractivity contribution in [2.24, 2.45) is 11.3 Å². The molecule has 0 unspecified atom stereocenters. The van der Waals surface area contributed by atoms with E-state index in [2.05, 4.69) is 26.1 Å². The minimum atomic E-state index is -0.933.